The van der Waals surface area contributed by atoms with Crippen LogP contribution >= 0.6 is 23.1 Å². The number of carbonyl (C=O) groups is 3. The fraction of sp³-hybridized carbons (Fsp3) is 0.116. The molecule has 3 N–H and O–H groups in total. The van der Waals surface area contributed by atoms with Gasteiger partial charge in [0.05, 0.1) is 27.0 Å². The van der Waals surface area contributed by atoms with E-state index in [1.165, 1.54) is 50.5 Å². The van der Waals surface area contributed by atoms with Gasteiger partial charge in [-0.15, -0.1) is 23.1 Å². The average molecular weight is 771 g/mol. The summed E-state index contributed by atoms with van der Waals surface area (Å²) >= 11 is 2.81. The molecule has 0 saturated heterocycles. The number of anilines is 2. The number of carbonyl (C=O) groups excluding carboxylic acids is 3. The van der Waals surface area contributed by atoms with E-state index in [1.54, 1.807) is 54.6 Å². The van der Waals surface area contributed by atoms with Gasteiger partial charge in [-0.2, -0.15) is 0 Å². The molecule has 0 radical (unpaired) electrons. The van der Waals surface area contributed by atoms with Crippen molar-refractivity contribution in [3.63, 3.8) is 0 Å². The zero-order chi connectivity index (χ0) is 38.7. The highest BCUT2D eigenvalue weighted by Gasteiger charge is 2.24. The molecule has 5 aromatic carbocycles. The monoisotopic (exact) mass is 770 g/mol. The van der Waals surface area contributed by atoms with Crippen LogP contribution in [-0.2, 0) is 9.59 Å². The Bertz CT molecular complexity index is 2300. The molecular formula is C43H38N4O6S2. The van der Waals surface area contributed by atoms with Crippen LogP contribution in [0.5, 0.6) is 17.2 Å². The quantitative estimate of drug-likeness (QED) is 0.0740. The molecule has 3 amide bonds. The third-order valence-corrected chi connectivity index (χ3v) is 10.5. The Kier molecular flexibility index (Phi) is 12.6. The van der Waals surface area contributed by atoms with Gasteiger partial charge in [-0.1, -0.05) is 78.9 Å². The van der Waals surface area contributed by atoms with E-state index < -0.39 is 17.1 Å². The third kappa shape index (κ3) is 9.60. The van der Waals surface area contributed by atoms with Crippen molar-refractivity contribution in [2.45, 2.75) is 17.1 Å². The first-order valence-electron chi connectivity index (χ1n) is 17.1. The standard InChI is InChI=1S/C43H38N4O6S2/c1-27-38(28-14-8-5-9-15-28)46-43(54-27)47-42(50)39(29-16-10-6-11-17-29)55-33-22-20-32(21-23-33)44-41(49)34(45-40(48)30-18-12-7-13-19-30)24-31-25-36(52-3)37(53-4)26-35(31)51-2/h5-26,39H,1-4H3,(H,44,49)(H,45,48)(H,46,47,50)/b34-24-. The number of amides is 3. The van der Waals surface area contributed by atoms with Crippen molar-refractivity contribution in [2.75, 3.05) is 32.0 Å². The number of ether oxygens (including phenoxy) is 3. The van der Waals surface area contributed by atoms with Gasteiger partial charge in [-0.25, -0.2) is 4.98 Å². The van der Waals surface area contributed by atoms with E-state index in [0.29, 0.717) is 39.2 Å². The number of thiazole rings is 1. The molecule has 0 aliphatic rings. The van der Waals surface area contributed by atoms with Gasteiger partial charge in [-0.05, 0) is 61.0 Å². The van der Waals surface area contributed by atoms with Crippen LogP contribution in [-0.4, -0.2) is 44.0 Å². The van der Waals surface area contributed by atoms with Gasteiger partial charge < -0.3 is 30.2 Å². The van der Waals surface area contributed by atoms with Crippen LogP contribution < -0.4 is 30.2 Å². The number of methoxy groups -OCH3 is 3. The highest BCUT2D eigenvalue weighted by atomic mass is 32.2. The molecule has 6 aromatic rings. The number of benzene rings is 5. The van der Waals surface area contributed by atoms with Gasteiger partial charge in [0.25, 0.3) is 11.8 Å². The molecule has 6 rings (SSSR count). The van der Waals surface area contributed by atoms with Crippen molar-refractivity contribution < 1.29 is 28.6 Å². The molecule has 1 aromatic heterocycles. The van der Waals surface area contributed by atoms with E-state index in [-0.39, 0.29) is 11.6 Å². The summed E-state index contributed by atoms with van der Waals surface area (Å²) in [5.74, 6) is 0.00177. The van der Waals surface area contributed by atoms with Gasteiger partial charge in [0, 0.05) is 38.2 Å². The van der Waals surface area contributed by atoms with E-state index in [2.05, 4.69) is 16.0 Å². The lowest BCUT2D eigenvalue weighted by Crippen LogP contribution is -2.30. The van der Waals surface area contributed by atoms with Crippen molar-refractivity contribution in [3.8, 4) is 28.5 Å². The summed E-state index contributed by atoms with van der Waals surface area (Å²) in [7, 11) is 4.51. The molecule has 278 valence electrons. The number of thioether (sulfide) groups is 1. The normalized spacial score (nSPS) is 11.6. The molecule has 0 saturated carbocycles. The highest BCUT2D eigenvalue weighted by Crippen LogP contribution is 2.39. The van der Waals surface area contributed by atoms with Gasteiger partial charge in [-0.3, -0.25) is 14.4 Å². The summed E-state index contributed by atoms with van der Waals surface area (Å²) in [5.41, 5.74) is 3.93. The van der Waals surface area contributed by atoms with E-state index in [0.717, 1.165) is 26.6 Å². The third-order valence-electron chi connectivity index (χ3n) is 8.35. The second-order valence-electron chi connectivity index (χ2n) is 12.0. The summed E-state index contributed by atoms with van der Waals surface area (Å²) in [6.07, 6.45) is 1.51. The van der Waals surface area contributed by atoms with E-state index in [1.807, 2.05) is 79.7 Å². The minimum absolute atomic E-state index is 0.0357. The fourth-order valence-electron chi connectivity index (χ4n) is 5.60. The Morgan fingerprint density at radius 2 is 1.33 bits per heavy atom. The predicted molar refractivity (Wildman–Crippen MR) is 219 cm³/mol. The largest absolute Gasteiger partial charge is 0.496 e. The van der Waals surface area contributed by atoms with E-state index in [4.69, 9.17) is 19.2 Å². The lowest BCUT2D eigenvalue weighted by Gasteiger charge is -2.17. The van der Waals surface area contributed by atoms with Gasteiger partial charge in [0.15, 0.2) is 16.6 Å². The average Bonchev–Trinajstić information content (AvgIpc) is 3.59. The molecule has 55 heavy (non-hydrogen) atoms. The summed E-state index contributed by atoms with van der Waals surface area (Å²) in [6.45, 7) is 1.99. The van der Waals surface area contributed by atoms with Gasteiger partial charge in [0.2, 0.25) is 5.91 Å². The van der Waals surface area contributed by atoms with Gasteiger partial charge in [0.1, 0.15) is 16.7 Å². The lowest BCUT2D eigenvalue weighted by atomic mass is 10.1. The molecule has 1 atom stereocenters. The maximum Gasteiger partial charge on any atom is 0.272 e. The molecule has 0 aliphatic carbocycles. The van der Waals surface area contributed by atoms with Crippen LogP contribution in [0.2, 0.25) is 0 Å². The van der Waals surface area contributed by atoms with Crippen LogP contribution in [0.3, 0.4) is 0 Å². The van der Waals surface area contributed by atoms with Gasteiger partial charge >= 0.3 is 0 Å². The highest BCUT2D eigenvalue weighted by molar-refractivity contribution is 8.00. The number of nitrogens with one attached hydrogen (secondary N) is 3. The van der Waals surface area contributed by atoms with Crippen molar-refractivity contribution in [3.05, 3.63) is 155 Å². The Hall–Kier alpha value is -6.37. The van der Waals surface area contributed by atoms with E-state index in [9.17, 15) is 14.4 Å². The summed E-state index contributed by atoms with van der Waals surface area (Å²) in [6, 6.07) is 38.4. The molecule has 12 heteroatoms. The summed E-state index contributed by atoms with van der Waals surface area (Å²) < 4.78 is 16.4. The first-order chi connectivity index (χ1) is 26.8. The Balaban J connectivity index is 1.22. The lowest BCUT2D eigenvalue weighted by molar-refractivity contribution is -0.116. The number of hydrogen-bond acceptors (Lipinski definition) is 9. The number of nitrogens with zero attached hydrogens (tertiary/aromatic N) is 1. The zero-order valence-corrected chi connectivity index (χ0v) is 32.1. The Morgan fingerprint density at radius 1 is 0.727 bits per heavy atom. The van der Waals surface area contributed by atoms with E-state index >= 15 is 0 Å². The van der Waals surface area contributed by atoms with Crippen LogP contribution in [0.15, 0.2) is 138 Å². The minimum Gasteiger partial charge on any atom is -0.496 e. The maximum absolute atomic E-state index is 13.8. The fourth-order valence-corrected chi connectivity index (χ4v) is 7.46. The Morgan fingerprint density at radius 3 is 1.96 bits per heavy atom. The number of aromatic nitrogens is 1. The van der Waals surface area contributed by atoms with Crippen molar-refractivity contribution in [1.29, 1.82) is 0 Å². The molecule has 0 fully saturated rings. The molecule has 1 unspecified atom stereocenters. The topological polar surface area (TPSA) is 128 Å². The van der Waals surface area contributed by atoms with Crippen LogP contribution in [0, 0.1) is 6.92 Å². The second kappa shape index (κ2) is 18.1. The number of aryl methyl sites for hydroxylation is 1. The molecule has 0 aliphatic heterocycles. The number of hydrogen-bond donors (Lipinski definition) is 3. The second-order valence-corrected chi connectivity index (χ2v) is 14.4. The first kappa shape index (κ1) is 38.4. The first-order valence-corrected chi connectivity index (χ1v) is 18.8. The molecular weight excluding hydrogens is 733 g/mol. The minimum atomic E-state index is -0.592. The summed E-state index contributed by atoms with van der Waals surface area (Å²) in [5, 5.41) is 8.60. The van der Waals surface area contributed by atoms with Crippen LogP contribution in [0.4, 0.5) is 10.8 Å². The van der Waals surface area contributed by atoms with Crippen LogP contribution in [0.1, 0.15) is 31.6 Å². The molecule has 10 nitrogen and oxygen atoms in total. The predicted octanol–water partition coefficient (Wildman–Crippen LogP) is 9.03. The SMILES string of the molecule is COc1cc(OC)c(OC)cc1/C=C(\NC(=O)c1ccccc1)C(=O)Nc1ccc(SC(C(=O)Nc2nc(-c3ccccc3)c(C)s2)c2ccccc2)cc1. The Labute approximate surface area is 327 Å². The van der Waals surface area contributed by atoms with Crippen LogP contribution in [0.25, 0.3) is 17.3 Å². The molecule has 1 heterocycles. The molecule has 0 spiro atoms. The smallest absolute Gasteiger partial charge is 0.272 e. The van der Waals surface area contributed by atoms with Crippen molar-refractivity contribution in [1.82, 2.24) is 10.3 Å². The molecule has 0 bridgehead atoms. The summed E-state index contributed by atoms with van der Waals surface area (Å²) in [4.78, 5) is 47.5. The van der Waals surface area contributed by atoms with Crippen molar-refractivity contribution >= 4 is 57.7 Å². The number of rotatable bonds is 14. The van der Waals surface area contributed by atoms with Crippen molar-refractivity contribution in [2.24, 2.45) is 0 Å². The maximum atomic E-state index is 13.8. The zero-order valence-electron chi connectivity index (χ0n) is 30.5.